The largest absolute Gasteiger partial charge is 0.496 e. The van der Waals surface area contributed by atoms with Crippen LogP contribution in [-0.2, 0) is 32.6 Å². The van der Waals surface area contributed by atoms with E-state index in [1.165, 1.54) is 4.31 Å². The molecule has 11 heteroatoms. The van der Waals surface area contributed by atoms with Gasteiger partial charge in [-0.1, -0.05) is 48.0 Å². The first-order chi connectivity index (χ1) is 21.1. The molecule has 1 amide bonds. The van der Waals surface area contributed by atoms with Crippen molar-refractivity contribution in [3.63, 3.8) is 0 Å². The van der Waals surface area contributed by atoms with E-state index in [0.29, 0.717) is 35.1 Å². The molecule has 1 aliphatic rings. The number of amides is 1. The summed E-state index contributed by atoms with van der Waals surface area (Å²) in [7, 11) is -2.35. The van der Waals surface area contributed by atoms with E-state index in [4.69, 9.17) is 21.1 Å². The number of pyridine rings is 1. The number of nitrogens with zero attached hydrogens (tertiary/aromatic N) is 4. The van der Waals surface area contributed by atoms with Crippen LogP contribution in [0.1, 0.15) is 39.6 Å². The van der Waals surface area contributed by atoms with Crippen molar-refractivity contribution in [3.8, 4) is 5.75 Å². The lowest BCUT2D eigenvalue weighted by Gasteiger charge is -2.37. The molecule has 3 heterocycles. The van der Waals surface area contributed by atoms with Crippen LogP contribution in [-0.4, -0.2) is 66.5 Å². The van der Waals surface area contributed by atoms with Crippen molar-refractivity contribution in [2.24, 2.45) is 0 Å². The molecule has 232 valence electrons. The Hall–Kier alpha value is -3.70. The third kappa shape index (κ3) is 6.53. The van der Waals surface area contributed by atoms with E-state index in [0.717, 1.165) is 22.4 Å². The first-order valence-corrected chi connectivity index (χ1v) is 16.3. The molecule has 9 nitrogen and oxygen atoms in total. The van der Waals surface area contributed by atoms with E-state index < -0.39 is 10.0 Å². The van der Waals surface area contributed by atoms with Crippen molar-refractivity contribution >= 4 is 27.5 Å². The Kier molecular flexibility index (Phi) is 9.75. The Balaban J connectivity index is 1.33. The number of aromatic nitrogens is 2. The highest BCUT2D eigenvalue weighted by atomic mass is 35.5. The fourth-order valence-electron chi connectivity index (χ4n) is 5.79. The number of carbonyl (C=O) groups excluding carboxylic acids is 1. The number of halogens is 1. The van der Waals surface area contributed by atoms with E-state index in [9.17, 15) is 13.2 Å². The number of aryl methyl sites for hydroxylation is 1. The average Bonchev–Trinajstić information content (AvgIpc) is 3.50. The van der Waals surface area contributed by atoms with Gasteiger partial charge in [-0.3, -0.25) is 4.79 Å². The monoisotopic (exact) mass is 636 g/mol. The fourth-order valence-corrected chi connectivity index (χ4v) is 7.80. The summed E-state index contributed by atoms with van der Waals surface area (Å²) in [5, 5.41) is 0.381. The van der Waals surface area contributed by atoms with Crippen LogP contribution in [0.15, 0.2) is 78.0 Å². The van der Waals surface area contributed by atoms with Crippen LogP contribution in [0.4, 0.5) is 0 Å². The highest BCUT2D eigenvalue weighted by Gasteiger charge is 2.33. The molecule has 4 aromatic rings. The van der Waals surface area contributed by atoms with Crippen LogP contribution in [0.2, 0.25) is 5.15 Å². The second-order valence-electron chi connectivity index (χ2n) is 10.9. The van der Waals surface area contributed by atoms with Crippen LogP contribution >= 0.6 is 11.6 Å². The third-order valence-electron chi connectivity index (χ3n) is 8.13. The van der Waals surface area contributed by atoms with Crippen molar-refractivity contribution in [1.82, 2.24) is 18.8 Å². The summed E-state index contributed by atoms with van der Waals surface area (Å²) in [6.07, 6.45) is 3.69. The predicted octanol–water partition coefficient (Wildman–Crippen LogP) is 5.31. The lowest BCUT2D eigenvalue weighted by molar-refractivity contribution is -0.139. The topological polar surface area (TPSA) is 94.0 Å². The molecule has 0 spiro atoms. The van der Waals surface area contributed by atoms with Crippen LogP contribution in [0.3, 0.4) is 0 Å². The van der Waals surface area contributed by atoms with Crippen LogP contribution in [0.5, 0.6) is 5.75 Å². The maximum absolute atomic E-state index is 14.2. The van der Waals surface area contributed by atoms with Gasteiger partial charge in [0.15, 0.2) is 0 Å². The molecule has 0 saturated carbocycles. The summed E-state index contributed by atoms with van der Waals surface area (Å²) >= 11 is 6.03. The van der Waals surface area contributed by atoms with E-state index in [2.05, 4.69) is 9.55 Å². The summed E-state index contributed by atoms with van der Waals surface area (Å²) < 4.78 is 43.2. The molecular weight excluding hydrogens is 600 g/mol. The lowest BCUT2D eigenvalue weighted by atomic mass is 10.0. The number of carbonyl (C=O) groups is 1. The summed E-state index contributed by atoms with van der Waals surface area (Å²) in [5.41, 5.74) is 4.71. The van der Waals surface area contributed by atoms with Gasteiger partial charge < -0.3 is 18.9 Å². The zero-order valence-corrected chi connectivity index (χ0v) is 26.9. The van der Waals surface area contributed by atoms with Gasteiger partial charge in [-0.15, -0.1) is 0 Å². The second kappa shape index (κ2) is 13.5. The van der Waals surface area contributed by atoms with Gasteiger partial charge in [0.2, 0.25) is 15.9 Å². The lowest BCUT2D eigenvalue weighted by Crippen LogP contribution is -2.44. The van der Waals surface area contributed by atoms with Crippen molar-refractivity contribution in [2.75, 3.05) is 33.4 Å². The Bertz CT molecular complexity index is 1730. The summed E-state index contributed by atoms with van der Waals surface area (Å²) in [6, 6.07) is 18.4. The molecule has 1 aliphatic heterocycles. The SMILES string of the molecule is COc1cc(C)c(S(=O)(=O)N(CCOCC(=O)N2CCn3cccc3C2c2ccc(Cl)nc2)Cc2ccccc2)c(C)c1C. The van der Waals surface area contributed by atoms with E-state index in [1.807, 2.05) is 61.7 Å². The molecule has 0 N–H and O–H groups in total. The molecule has 44 heavy (non-hydrogen) atoms. The number of hydrogen-bond acceptors (Lipinski definition) is 6. The van der Waals surface area contributed by atoms with Gasteiger partial charge >= 0.3 is 0 Å². The zero-order valence-electron chi connectivity index (χ0n) is 25.4. The number of fused-ring (bicyclic) bond motifs is 1. The van der Waals surface area contributed by atoms with Crippen molar-refractivity contribution in [1.29, 1.82) is 0 Å². The molecule has 0 saturated heterocycles. The molecule has 1 atom stereocenters. The zero-order chi connectivity index (χ0) is 31.4. The third-order valence-corrected chi connectivity index (χ3v) is 10.5. The van der Waals surface area contributed by atoms with Gasteiger partial charge in [-0.2, -0.15) is 4.31 Å². The molecule has 2 aromatic heterocycles. The normalized spacial score (nSPS) is 15.0. The van der Waals surface area contributed by atoms with Crippen LogP contribution < -0.4 is 4.74 Å². The smallest absolute Gasteiger partial charge is 0.249 e. The van der Waals surface area contributed by atoms with Crippen molar-refractivity contribution in [3.05, 3.63) is 112 Å². The molecule has 2 aromatic carbocycles. The minimum atomic E-state index is -3.92. The first-order valence-electron chi connectivity index (χ1n) is 14.4. The highest BCUT2D eigenvalue weighted by Crippen LogP contribution is 2.34. The Labute approximate surface area is 264 Å². The Morgan fingerprint density at radius 2 is 1.82 bits per heavy atom. The summed E-state index contributed by atoms with van der Waals surface area (Å²) in [6.45, 7) is 6.69. The molecule has 0 fully saturated rings. The van der Waals surface area contributed by atoms with E-state index in [1.54, 1.807) is 44.2 Å². The van der Waals surface area contributed by atoms with E-state index >= 15 is 0 Å². The van der Waals surface area contributed by atoms with E-state index in [-0.39, 0.29) is 43.1 Å². The maximum atomic E-state index is 14.2. The molecule has 1 unspecified atom stereocenters. The molecule has 0 bridgehead atoms. The number of ether oxygens (including phenoxy) is 2. The number of rotatable bonds is 11. The standard InChI is InChI=1S/C33H37ClN4O5S/c1-23-19-29(42-4)24(2)25(3)33(23)44(40,41)37(21-26-9-6-5-7-10-26)17-18-43-22-31(39)38-16-15-36-14-8-11-28(36)32(38)27-12-13-30(34)35-20-27/h5-14,19-20,32H,15-18,21-22H2,1-4H3. The first kappa shape index (κ1) is 31.7. The number of sulfonamides is 1. The van der Waals surface area contributed by atoms with Gasteiger partial charge in [-0.05, 0) is 72.9 Å². The van der Waals surface area contributed by atoms with Crippen molar-refractivity contribution < 1.29 is 22.7 Å². The molecular formula is C33H37ClN4O5S. The minimum Gasteiger partial charge on any atom is -0.496 e. The Morgan fingerprint density at radius 1 is 1.05 bits per heavy atom. The number of hydrogen-bond donors (Lipinski definition) is 0. The van der Waals surface area contributed by atoms with Crippen molar-refractivity contribution in [2.45, 2.75) is 44.8 Å². The summed E-state index contributed by atoms with van der Waals surface area (Å²) in [4.78, 5) is 19.8. The molecule has 0 radical (unpaired) electrons. The summed E-state index contributed by atoms with van der Waals surface area (Å²) in [5.74, 6) is 0.459. The van der Waals surface area contributed by atoms with Gasteiger partial charge in [0.05, 0.1) is 24.7 Å². The van der Waals surface area contributed by atoms with Gasteiger partial charge in [0.1, 0.15) is 17.5 Å². The minimum absolute atomic E-state index is 0.0441. The number of methoxy groups -OCH3 is 1. The molecule has 5 rings (SSSR count). The van der Waals surface area contributed by atoms with Gasteiger partial charge in [-0.25, -0.2) is 13.4 Å². The second-order valence-corrected chi connectivity index (χ2v) is 13.1. The highest BCUT2D eigenvalue weighted by molar-refractivity contribution is 7.89. The van der Waals surface area contributed by atoms with Gasteiger partial charge in [0.25, 0.3) is 0 Å². The predicted molar refractivity (Wildman–Crippen MR) is 169 cm³/mol. The Morgan fingerprint density at radius 3 is 2.52 bits per heavy atom. The van der Waals surface area contributed by atoms with Gasteiger partial charge in [0, 0.05) is 44.3 Å². The average molecular weight is 637 g/mol. The van der Waals surface area contributed by atoms with Crippen LogP contribution in [0, 0.1) is 20.8 Å². The maximum Gasteiger partial charge on any atom is 0.249 e. The van der Waals surface area contributed by atoms with Crippen LogP contribution in [0.25, 0.3) is 0 Å². The fraction of sp³-hybridized carbons (Fsp3) is 0.333. The molecule has 0 aliphatic carbocycles. The number of benzene rings is 2. The quantitative estimate of drug-likeness (QED) is 0.164.